The van der Waals surface area contributed by atoms with Gasteiger partial charge in [0, 0.05) is 26.2 Å². The summed E-state index contributed by atoms with van der Waals surface area (Å²) in [5.41, 5.74) is 1.99. The summed E-state index contributed by atoms with van der Waals surface area (Å²) in [6.45, 7) is 4.69. The maximum Gasteiger partial charge on any atom is 0.240 e. The minimum atomic E-state index is -0.345. The van der Waals surface area contributed by atoms with E-state index in [-0.39, 0.29) is 18.3 Å². The highest BCUT2D eigenvalue weighted by atomic mass is 32.1. The lowest BCUT2D eigenvalue weighted by molar-refractivity contribution is -0.117. The first-order valence-corrected chi connectivity index (χ1v) is 8.58. The molecule has 1 aliphatic heterocycles. The van der Waals surface area contributed by atoms with Gasteiger partial charge in [0.15, 0.2) is 11.6 Å². The fourth-order valence-electron chi connectivity index (χ4n) is 2.57. The topological polar surface area (TPSA) is 87.1 Å². The second kappa shape index (κ2) is 7.58. The van der Waals surface area contributed by atoms with Crippen molar-refractivity contribution in [1.29, 1.82) is 0 Å². The van der Waals surface area contributed by atoms with Gasteiger partial charge < -0.3 is 4.90 Å². The van der Waals surface area contributed by atoms with Gasteiger partial charge in [0.05, 0.1) is 12.2 Å². The number of carbonyl (C=O) groups is 1. The number of amides is 1. The SMILES string of the molecule is CCc1ncnc(N2CCN(CC(=O)Nc3nncs3)CC2)c1F. The Balaban J connectivity index is 1.53. The lowest BCUT2D eigenvalue weighted by Crippen LogP contribution is -2.49. The predicted octanol–water partition coefficient (Wildman–Crippen LogP) is 0.790. The molecule has 128 valence electrons. The molecule has 3 rings (SSSR count). The minimum Gasteiger partial charge on any atom is -0.352 e. The van der Waals surface area contributed by atoms with Gasteiger partial charge in [-0.25, -0.2) is 14.4 Å². The van der Waals surface area contributed by atoms with Crippen molar-refractivity contribution in [2.45, 2.75) is 13.3 Å². The summed E-state index contributed by atoms with van der Waals surface area (Å²) >= 11 is 1.28. The van der Waals surface area contributed by atoms with Gasteiger partial charge >= 0.3 is 0 Å². The molecule has 0 unspecified atom stereocenters. The standard InChI is InChI=1S/C14H18FN7OS/c1-2-10-12(15)13(17-8-16-10)22-5-3-21(4-6-22)7-11(23)19-14-20-18-9-24-14/h8-9H,2-7H2,1H3,(H,19,20,23). The molecule has 0 aromatic carbocycles. The first-order valence-electron chi connectivity index (χ1n) is 7.70. The number of hydrogen-bond acceptors (Lipinski definition) is 8. The Labute approximate surface area is 142 Å². The summed E-state index contributed by atoms with van der Waals surface area (Å²) in [6.07, 6.45) is 1.94. The van der Waals surface area contributed by atoms with Crippen LogP contribution in [0.3, 0.4) is 0 Å². The summed E-state index contributed by atoms with van der Waals surface area (Å²) in [6, 6.07) is 0. The van der Waals surface area contributed by atoms with E-state index < -0.39 is 0 Å². The number of anilines is 2. The molecule has 2 aromatic heterocycles. The minimum absolute atomic E-state index is 0.123. The Morgan fingerprint density at radius 1 is 1.33 bits per heavy atom. The molecule has 0 radical (unpaired) electrons. The molecular formula is C14H18FN7OS. The van der Waals surface area contributed by atoms with E-state index in [0.717, 1.165) is 0 Å². The molecule has 1 saturated heterocycles. The number of carbonyl (C=O) groups excluding carboxylic acids is 1. The Morgan fingerprint density at radius 2 is 2.12 bits per heavy atom. The van der Waals surface area contributed by atoms with Gasteiger partial charge in [-0.15, -0.1) is 10.2 Å². The number of piperazine rings is 1. The predicted molar refractivity (Wildman–Crippen MR) is 88.6 cm³/mol. The molecular weight excluding hydrogens is 333 g/mol. The van der Waals surface area contributed by atoms with Crippen molar-refractivity contribution in [2.75, 3.05) is 42.9 Å². The normalized spacial score (nSPS) is 15.5. The zero-order valence-electron chi connectivity index (χ0n) is 13.3. The summed E-state index contributed by atoms with van der Waals surface area (Å²) in [5.74, 6) is -0.121. The summed E-state index contributed by atoms with van der Waals surface area (Å²) < 4.78 is 14.3. The fourth-order valence-corrected chi connectivity index (χ4v) is 3.03. The van der Waals surface area contributed by atoms with E-state index in [2.05, 4.69) is 25.5 Å². The number of halogens is 1. The first kappa shape index (κ1) is 16.7. The highest BCUT2D eigenvalue weighted by molar-refractivity contribution is 7.13. The molecule has 8 nitrogen and oxygen atoms in total. The largest absolute Gasteiger partial charge is 0.352 e. The van der Waals surface area contributed by atoms with Crippen LogP contribution < -0.4 is 10.2 Å². The van der Waals surface area contributed by atoms with Crippen LogP contribution in [0.5, 0.6) is 0 Å². The van der Waals surface area contributed by atoms with Crippen LogP contribution in [0.1, 0.15) is 12.6 Å². The van der Waals surface area contributed by atoms with Crippen molar-refractivity contribution in [1.82, 2.24) is 25.1 Å². The van der Waals surface area contributed by atoms with Crippen LogP contribution in [0, 0.1) is 5.82 Å². The third kappa shape index (κ3) is 3.82. The van der Waals surface area contributed by atoms with Crippen molar-refractivity contribution < 1.29 is 9.18 Å². The zero-order chi connectivity index (χ0) is 16.9. The average molecular weight is 351 g/mol. The van der Waals surface area contributed by atoms with Gasteiger partial charge in [-0.1, -0.05) is 18.3 Å². The van der Waals surface area contributed by atoms with Gasteiger partial charge in [0.1, 0.15) is 11.8 Å². The third-order valence-electron chi connectivity index (χ3n) is 3.82. The van der Waals surface area contributed by atoms with E-state index >= 15 is 0 Å². The van der Waals surface area contributed by atoms with Crippen LogP contribution >= 0.6 is 11.3 Å². The molecule has 0 bridgehead atoms. The fraction of sp³-hybridized carbons (Fsp3) is 0.500. The lowest BCUT2D eigenvalue weighted by Gasteiger charge is -2.35. The third-order valence-corrected chi connectivity index (χ3v) is 4.43. The highest BCUT2D eigenvalue weighted by Gasteiger charge is 2.23. The van der Waals surface area contributed by atoms with Crippen molar-refractivity contribution in [2.24, 2.45) is 0 Å². The summed E-state index contributed by atoms with van der Waals surface area (Å²) in [7, 11) is 0. The number of aryl methyl sites for hydroxylation is 1. The molecule has 0 spiro atoms. The first-order chi connectivity index (χ1) is 11.7. The summed E-state index contributed by atoms with van der Waals surface area (Å²) in [5, 5.41) is 10.7. The molecule has 0 aliphatic carbocycles. The van der Waals surface area contributed by atoms with E-state index in [1.807, 2.05) is 16.7 Å². The number of rotatable bonds is 5. The molecule has 3 heterocycles. The number of hydrogen-bond donors (Lipinski definition) is 1. The molecule has 1 fully saturated rings. The molecule has 1 N–H and O–H groups in total. The van der Waals surface area contributed by atoms with Gasteiger partial charge in [-0.2, -0.15) is 0 Å². The van der Waals surface area contributed by atoms with E-state index in [9.17, 15) is 9.18 Å². The monoisotopic (exact) mass is 351 g/mol. The second-order valence-electron chi connectivity index (χ2n) is 5.37. The summed E-state index contributed by atoms with van der Waals surface area (Å²) in [4.78, 5) is 23.9. The van der Waals surface area contributed by atoms with Crippen LogP contribution in [0.25, 0.3) is 0 Å². The van der Waals surface area contributed by atoms with E-state index in [1.165, 1.54) is 17.7 Å². The molecule has 10 heteroatoms. The van der Waals surface area contributed by atoms with E-state index in [1.54, 1.807) is 5.51 Å². The van der Waals surface area contributed by atoms with E-state index in [4.69, 9.17) is 0 Å². The Kier molecular flexibility index (Phi) is 5.26. The van der Waals surface area contributed by atoms with Crippen molar-refractivity contribution >= 4 is 28.2 Å². The van der Waals surface area contributed by atoms with Crippen molar-refractivity contribution in [3.63, 3.8) is 0 Å². The van der Waals surface area contributed by atoms with Gasteiger partial charge in [0.25, 0.3) is 0 Å². The van der Waals surface area contributed by atoms with Crippen LogP contribution in [-0.2, 0) is 11.2 Å². The number of aromatic nitrogens is 4. The Bertz CT molecular complexity index is 688. The van der Waals surface area contributed by atoms with Crippen LogP contribution in [-0.4, -0.2) is 63.7 Å². The molecule has 0 atom stereocenters. The molecule has 24 heavy (non-hydrogen) atoms. The molecule has 0 saturated carbocycles. The van der Waals surface area contributed by atoms with Crippen LogP contribution in [0.2, 0.25) is 0 Å². The van der Waals surface area contributed by atoms with Gasteiger partial charge in [0.2, 0.25) is 11.0 Å². The maximum absolute atomic E-state index is 14.3. The smallest absolute Gasteiger partial charge is 0.240 e. The number of nitrogens with zero attached hydrogens (tertiary/aromatic N) is 6. The van der Waals surface area contributed by atoms with E-state index in [0.29, 0.717) is 49.2 Å². The molecule has 1 aliphatic rings. The Hall–Kier alpha value is -2.20. The molecule has 2 aromatic rings. The lowest BCUT2D eigenvalue weighted by atomic mass is 10.2. The molecule has 1 amide bonds. The van der Waals surface area contributed by atoms with Crippen LogP contribution in [0.4, 0.5) is 15.3 Å². The number of nitrogens with one attached hydrogen (secondary N) is 1. The zero-order valence-corrected chi connectivity index (χ0v) is 14.1. The Morgan fingerprint density at radius 3 is 2.79 bits per heavy atom. The van der Waals surface area contributed by atoms with Crippen molar-refractivity contribution in [3.8, 4) is 0 Å². The van der Waals surface area contributed by atoms with Gasteiger partial charge in [-0.3, -0.25) is 15.0 Å². The van der Waals surface area contributed by atoms with Gasteiger partial charge in [-0.05, 0) is 6.42 Å². The second-order valence-corrected chi connectivity index (χ2v) is 6.20. The quantitative estimate of drug-likeness (QED) is 0.852. The maximum atomic E-state index is 14.3. The average Bonchev–Trinajstić information content (AvgIpc) is 3.09. The van der Waals surface area contributed by atoms with Crippen molar-refractivity contribution in [3.05, 3.63) is 23.3 Å². The van der Waals surface area contributed by atoms with Crippen LogP contribution in [0.15, 0.2) is 11.8 Å². The highest BCUT2D eigenvalue weighted by Crippen LogP contribution is 2.19.